The first kappa shape index (κ1) is 42.6. The first-order valence-electron chi connectivity index (χ1n) is 19.7. The number of ether oxygens (including phenoxy) is 6. The van der Waals surface area contributed by atoms with Crippen LogP contribution in [0.3, 0.4) is 0 Å². The van der Waals surface area contributed by atoms with Crippen LogP contribution in [0.1, 0.15) is 61.4 Å². The van der Waals surface area contributed by atoms with Gasteiger partial charge in [0.15, 0.2) is 0 Å². The SMILES string of the molecule is CCS[C@@H]1O[C@H](COC(=O)CCC(=O)Oc2ccc(C(C)(C)c3ccc(O)cc3)cc2)[C@@H](OCc2ccccc2)[C@H](OCc2ccccc2)[C@H]1OCc1ccccc1. The molecule has 5 aromatic carbocycles. The smallest absolute Gasteiger partial charge is 0.311 e. The summed E-state index contributed by atoms with van der Waals surface area (Å²) in [6.45, 7) is 7.07. The highest BCUT2D eigenvalue weighted by atomic mass is 32.2. The molecule has 0 bridgehead atoms. The Bertz CT molecular complexity index is 1990. The number of carbonyl (C=O) groups excluding carboxylic acids is 2. The first-order valence-corrected chi connectivity index (χ1v) is 20.7. The zero-order chi connectivity index (χ0) is 40.7. The molecule has 10 heteroatoms. The van der Waals surface area contributed by atoms with Crippen LogP contribution in [0, 0.1) is 0 Å². The van der Waals surface area contributed by atoms with Gasteiger partial charge in [-0.3, -0.25) is 9.59 Å². The van der Waals surface area contributed by atoms with Gasteiger partial charge in [0.25, 0.3) is 0 Å². The van der Waals surface area contributed by atoms with Crippen molar-refractivity contribution in [3.63, 3.8) is 0 Å². The van der Waals surface area contributed by atoms with Crippen LogP contribution < -0.4 is 4.74 Å². The van der Waals surface area contributed by atoms with E-state index in [1.165, 1.54) is 0 Å². The number of phenolic OH excluding ortho intramolecular Hbond substituents is 1. The molecule has 1 saturated heterocycles. The molecule has 0 radical (unpaired) electrons. The van der Waals surface area contributed by atoms with Crippen molar-refractivity contribution in [1.29, 1.82) is 0 Å². The van der Waals surface area contributed by atoms with E-state index in [4.69, 9.17) is 28.4 Å². The zero-order valence-electron chi connectivity index (χ0n) is 33.2. The van der Waals surface area contributed by atoms with Gasteiger partial charge in [0.1, 0.15) is 48.0 Å². The Morgan fingerprint density at radius 1 is 0.621 bits per heavy atom. The second kappa shape index (κ2) is 21.2. The average Bonchev–Trinajstić information content (AvgIpc) is 3.25. The van der Waals surface area contributed by atoms with Crippen molar-refractivity contribution in [2.24, 2.45) is 0 Å². The summed E-state index contributed by atoms with van der Waals surface area (Å²) in [5.74, 6) is 0.234. The second-order valence-electron chi connectivity index (χ2n) is 14.6. The van der Waals surface area contributed by atoms with Gasteiger partial charge in [-0.25, -0.2) is 0 Å². The monoisotopic (exact) mass is 804 g/mol. The molecule has 1 fully saturated rings. The Kier molecular flexibility index (Phi) is 15.5. The van der Waals surface area contributed by atoms with E-state index in [1.54, 1.807) is 36.0 Å². The normalized spacial score (nSPS) is 19.3. The fourth-order valence-corrected chi connectivity index (χ4v) is 7.77. The fourth-order valence-electron chi connectivity index (χ4n) is 6.80. The predicted octanol–water partition coefficient (Wildman–Crippen LogP) is 9.18. The molecule has 1 aliphatic heterocycles. The van der Waals surface area contributed by atoms with Gasteiger partial charge < -0.3 is 33.5 Å². The lowest BCUT2D eigenvalue weighted by molar-refractivity contribution is -0.253. The zero-order valence-corrected chi connectivity index (χ0v) is 34.1. The lowest BCUT2D eigenvalue weighted by Gasteiger charge is -2.45. The minimum Gasteiger partial charge on any atom is -0.508 e. The highest BCUT2D eigenvalue weighted by Gasteiger charge is 2.49. The van der Waals surface area contributed by atoms with E-state index in [2.05, 4.69) is 20.8 Å². The van der Waals surface area contributed by atoms with E-state index in [1.807, 2.05) is 115 Å². The molecule has 1 heterocycles. The maximum atomic E-state index is 13.2. The second-order valence-corrected chi connectivity index (χ2v) is 16.0. The summed E-state index contributed by atoms with van der Waals surface area (Å²) in [5, 5.41) is 9.69. The molecule has 5 aromatic rings. The largest absolute Gasteiger partial charge is 0.508 e. The van der Waals surface area contributed by atoms with Gasteiger partial charge in [0.2, 0.25) is 0 Å². The van der Waals surface area contributed by atoms with Crippen molar-refractivity contribution >= 4 is 23.7 Å². The maximum absolute atomic E-state index is 13.2. The van der Waals surface area contributed by atoms with Gasteiger partial charge >= 0.3 is 11.9 Å². The molecule has 304 valence electrons. The summed E-state index contributed by atoms with van der Waals surface area (Å²) < 4.78 is 38.0. The number of hydrogen-bond donors (Lipinski definition) is 1. The van der Waals surface area contributed by atoms with Crippen LogP contribution in [-0.2, 0) is 58.5 Å². The minimum absolute atomic E-state index is 0.108. The number of esters is 2. The van der Waals surface area contributed by atoms with Crippen molar-refractivity contribution in [2.45, 2.75) is 88.7 Å². The number of hydrogen-bond acceptors (Lipinski definition) is 10. The number of aromatic hydroxyl groups is 1. The summed E-state index contributed by atoms with van der Waals surface area (Å²) in [7, 11) is 0. The van der Waals surface area contributed by atoms with Gasteiger partial charge in [-0.05, 0) is 57.8 Å². The molecule has 0 saturated carbocycles. The number of thioether (sulfide) groups is 1. The van der Waals surface area contributed by atoms with E-state index in [9.17, 15) is 14.7 Å². The molecular weight excluding hydrogens is 753 g/mol. The van der Waals surface area contributed by atoms with Crippen LogP contribution in [-0.4, -0.2) is 59.3 Å². The van der Waals surface area contributed by atoms with Crippen LogP contribution in [0.2, 0.25) is 0 Å². The molecule has 6 rings (SSSR count). The predicted molar refractivity (Wildman–Crippen MR) is 224 cm³/mol. The molecule has 58 heavy (non-hydrogen) atoms. The maximum Gasteiger partial charge on any atom is 0.311 e. The van der Waals surface area contributed by atoms with Gasteiger partial charge in [-0.1, -0.05) is 136 Å². The molecule has 0 aliphatic carbocycles. The highest BCUT2D eigenvalue weighted by molar-refractivity contribution is 7.99. The van der Waals surface area contributed by atoms with E-state index < -0.39 is 41.8 Å². The Morgan fingerprint density at radius 2 is 1.09 bits per heavy atom. The van der Waals surface area contributed by atoms with Crippen molar-refractivity contribution in [3.8, 4) is 11.5 Å². The molecular formula is C48H52O9S. The third-order valence-electron chi connectivity index (χ3n) is 10.1. The minimum atomic E-state index is -0.689. The van der Waals surface area contributed by atoms with Crippen LogP contribution >= 0.6 is 11.8 Å². The lowest BCUT2D eigenvalue weighted by atomic mass is 9.78. The van der Waals surface area contributed by atoms with E-state index in [-0.39, 0.29) is 37.2 Å². The van der Waals surface area contributed by atoms with Gasteiger partial charge in [0, 0.05) is 5.41 Å². The first-order chi connectivity index (χ1) is 28.2. The van der Waals surface area contributed by atoms with E-state index in [0.717, 1.165) is 33.6 Å². The molecule has 0 unspecified atom stereocenters. The standard InChI is InChI=1S/C48H52O9S/c1-4-58-47-46(55-32-36-18-12-7-13-19-36)45(54-31-35-16-10-6-11-17-35)44(53-30-34-14-8-5-9-15-34)41(57-47)33-52-42(50)28-29-43(51)56-40-26-22-38(23-27-40)48(2,3)37-20-24-39(49)25-21-37/h5-27,41,44-47,49H,4,28-33H2,1-3H3/t41-,44-,45+,46-,47+/m1/s1. The van der Waals surface area contributed by atoms with Crippen molar-refractivity contribution in [3.05, 3.63) is 167 Å². The summed E-state index contributed by atoms with van der Waals surface area (Å²) in [6, 6.07) is 44.1. The Hall–Kier alpha value is -4.97. The average molecular weight is 805 g/mol. The number of carbonyl (C=O) groups is 2. The van der Waals surface area contributed by atoms with Gasteiger partial charge in [-0.2, -0.15) is 0 Å². The van der Waals surface area contributed by atoms with Crippen molar-refractivity contribution in [1.82, 2.24) is 0 Å². The lowest BCUT2D eigenvalue weighted by Crippen LogP contribution is -2.60. The van der Waals surface area contributed by atoms with Crippen molar-refractivity contribution < 1.29 is 43.1 Å². The Morgan fingerprint density at radius 3 is 1.60 bits per heavy atom. The van der Waals surface area contributed by atoms with Gasteiger partial charge in [-0.15, -0.1) is 11.8 Å². The van der Waals surface area contributed by atoms with E-state index >= 15 is 0 Å². The Labute approximate surface area is 345 Å². The molecule has 1 aliphatic rings. The summed E-state index contributed by atoms with van der Waals surface area (Å²) in [4.78, 5) is 26.0. The summed E-state index contributed by atoms with van der Waals surface area (Å²) in [5.41, 5.74) is 4.26. The van der Waals surface area contributed by atoms with Gasteiger partial charge in [0.05, 0.1) is 32.7 Å². The Balaban J connectivity index is 1.11. The van der Waals surface area contributed by atoms with Crippen LogP contribution in [0.25, 0.3) is 0 Å². The molecule has 1 N–H and O–H groups in total. The molecule has 9 nitrogen and oxygen atoms in total. The third kappa shape index (κ3) is 12.0. The highest BCUT2D eigenvalue weighted by Crippen LogP contribution is 2.36. The summed E-state index contributed by atoms with van der Waals surface area (Å²) >= 11 is 1.60. The number of phenols is 1. The number of benzene rings is 5. The fraction of sp³-hybridized carbons (Fsp3) is 0.333. The summed E-state index contributed by atoms with van der Waals surface area (Å²) in [6.07, 6.45) is -2.78. The molecule has 0 spiro atoms. The van der Waals surface area contributed by atoms with Crippen LogP contribution in [0.4, 0.5) is 0 Å². The van der Waals surface area contributed by atoms with Crippen LogP contribution in [0.15, 0.2) is 140 Å². The quantitative estimate of drug-likeness (QED) is 0.0641. The molecule has 0 aromatic heterocycles. The topological polar surface area (TPSA) is 110 Å². The van der Waals surface area contributed by atoms with Crippen molar-refractivity contribution in [2.75, 3.05) is 12.4 Å². The molecule has 5 atom stereocenters. The molecule has 0 amide bonds. The third-order valence-corrected chi connectivity index (χ3v) is 11.2. The van der Waals surface area contributed by atoms with E-state index in [0.29, 0.717) is 19.0 Å². The van der Waals surface area contributed by atoms with Crippen LogP contribution in [0.5, 0.6) is 11.5 Å². The number of rotatable bonds is 19.